The second-order valence-corrected chi connectivity index (χ2v) is 13.8. The number of sulfonamides is 1. The zero-order chi connectivity index (χ0) is 32.6. The van der Waals surface area contributed by atoms with Gasteiger partial charge in [-0.25, -0.2) is 8.42 Å². The largest absolute Gasteiger partial charge is 0.352 e. The molecule has 45 heavy (non-hydrogen) atoms. The first-order valence-electron chi connectivity index (χ1n) is 15.3. The first-order chi connectivity index (χ1) is 21.5. The number of amides is 2. The molecule has 0 heterocycles. The van der Waals surface area contributed by atoms with Crippen molar-refractivity contribution >= 4 is 27.5 Å². The lowest BCUT2D eigenvalue weighted by atomic mass is 10.0. The second-order valence-electron chi connectivity index (χ2n) is 11.9. The average molecular weight is 626 g/mol. The van der Waals surface area contributed by atoms with E-state index in [1.807, 2.05) is 87.5 Å². The van der Waals surface area contributed by atoms with Crippen molar-refractivity contribution in [2.45, 2.75) is 70.5 Å². The zero-order valence-electron chi connectivity index (χ0n) is 26.7. The topological polar surface area (TPSA) is 86.8 Å². The number of carbonyl (C=O) groups excluding carboxylic acids is 2. The molecule has 0 saturated carbocycles. The van der Waals surface area contributed by atoms with Crippen LogP contribution in [-0.2, 0) is 32.6 Å². The Hall–Kier alpha value is -4.43. The van der Waals surface area contributed by atoms with E-state index >= 15 is 0 Å². The first-order valence-corrected chi connectivity index (χ1v) is 16.8. The van der Waals surface area contributed by atoms with E-state index in [9.17, 15) is 18.0 Å². The van der Waals surface area contributed by atoms with Crippen LogP contribution in [0.1, 0.15) is 55.9 Å². The first kappa shape index (κ1) is 33.5. The number of nitrogens with one attached hydrogen (secondary N) is 1. The Kier molecular flexibility index (Phi) is 11.2. The van der Waals surface area contributed by atoms with Crippen molar-refractivity contribution in [3.63, 3.8) is 0 Å². The monoisotopic (exact) mass is 625 g/mol. The third-order valence-corrected chi connectivity index (χ3v) is 9.42. The molecule has 0 unspecified atom stereocenters. The van der Waals surface area contributed by atoms with E-state index in [1.165, 1.54) is 17.0 Å². The van der Waals surface area contributed by atoms with Crippen LogP contribution in [0.4, 0.5) is 5.69 Å². The molecular weight excluding hydrogens is 582 g/mol. The van der Waals surface area contributed by atoms with Gasteiger partial charge in [-0.05, 0) is 67.6 Å². The molecule has 0 saturated heterocycles. The number of benzene rings is 4. The maximum atomic E-state index is 14.5. The van der Waals surface area contributed by atoms with Crippen molar-refractivity contribution < 1.29 is 18.0 Å². The van der Waals surface area contributed by atoms with Gasteiger partial charge in [-0.2, -0.15) is 0 Å². The molecule has 4 aromatic rings. The normalized spacial score (nSPS) is 12.2. The second kappa shape index (κ2) is 15.0. The summed E-state index contributed by atoms with van der Waals surface area (Å²) in [4.78, 5) is 29.9. The molecule has 0 aliphatic carbocycles. The van der Waals surface area contributed by atoms with Crippen LogP contribution in [0.3, 0.4) is 0 Å². The summed E-state index contributed by atoms with van der Waals surface area (Å²) in [6.07, 6.45) is 0.269. The van der Waals surface area contributed by atoms with Gasteiger partial charge in [0.15, 0.2) is 0 Å². The van der Waals surface area contributed by atoms with Gasteiger partial charge in [0.1, 0.15) is 12.6 Å². The zero-order valence-corrected chi connectivity index (χ0v) is 27.5. The molecule has 236 valence electrons. The molecular formula is C37H43N3O4S. The fraction of sp³-hybridized carbons (Fsp3) is 0.297. The molecule has 4 rings (SSSR count). The highest BCUT2D eigenvalue weighted by Crippen LogP contribution is 2.27. The molecule has 8 heteroatoms. The van der Waals surface area contributed by atoms with Gasteiger partial charge in [0, 0.05) is 19.0 Å². The van der Waals surface area contributed by atoms with Crippen molar-refractivity contribution in [1.29, 1.82) is 0 Å². The molecule has 0 aromatic heterocycles. The number of carbonyl (C=O) groups is 2. The Balaban J connectivity index is 1.80. The molecule has 1 N–H and O–H groups in total. The van der Waals surface area contributed by atoms with E-state index in [4.69, 9.17) is 0 Å². The number of aryl methyl sites for hydroxylation is 1. The van der Waals surface area contributed by atoms with Gasteiger partial charge >= 0.3 is 0 Å². The molecule has 0 aliphatic rings. The van der Waals surface area contributed by atoms with Crippen molar-refractivity contribution in [1.82, 2.24) is 10.2 Å². The average Bonchev–Trinajstić information content (AvgIpc) is 3.03. The Morgan fingerprint density at radius 3 is 1.87 bits per heavy atom. The minimum Gasteiger partial charge on any atom is -0.352 e. The third kappa shape index (κ3) is 8.82. The summed E-state index contributed by atoms with van der Waals surface area (Å²) >= 11 is 0. The van der Waals surface area contributed by atoms with Gasteiger partial charge in [-0.3, -0.25) is 13.9 Å². The predicted octanol–water partition coefficient (Wildman–Crippen LogP) is 6.48. The van der Waals surface area contributed by atoms with E-state index in [-0.39, 0.29) is 35.7 Å². The maximum Gasteiger partial charge on any atom is 0.264 e. The smallest absolute Gasteiger partial charge is 0.264 e. The summed E-state index contributed by atoms with van der Waals surface area (Å²) in [5.41, 5.74) is 4.22. The minimum atomic E-state index is -4.13. The molecule has 0 radical (unpaired) electrons. The fourth-order valence-electron chi connectivity index (χ4n) is 5.10. The van der Waals surface area contributed by atoms with Crippen LogP contribution >= 0.6 is 0 Å². The summed E-state index contributed by atoms with van der Waals surface area (Å²) in [6, 6.07) is 31.6. The van der Waals surface area contributed by atoms with Crippen LogP contribution in [0.25, 0.3) is 0 Å². The van der Waals surface area contributed by atoms with Crippen molar-refractivity contribution in [3.05, 3.63) is 131 Å². The van der Waals surface area contributed by atoms with Gasteiger partial charge in [0.25, 0.3) is 10.0 Å². The van der Waals surface area contributed by atoms with Gasteiger partial charge in [0.2, 0.25) is 11.8 Å². The van der Waals surface area contributed by atoms with Crippen LogP contribution in [0, 0.1) is 6.92 Å². The molecule has 0 fully saturated rings. The fourth-order valence-corrected chi connectivity index (χ4v) is 6.53. The van der Waals surface area contributed by atoms with Crippen molar-refractivity contribution in [2.24, 2.45) is 0 Å². The highest BCUT2D eigenvalue weighted by atomic mass is 32.2. The van der Waals surface area contributed by atoms with Gasteiger partial charge in [0.05, 0.1) is 10.6 Å². The van der Waals surface area contributed by atoms with E-state index < -0.39 is 28.5 Å². The van der Waals surface area contributed by atoms with Crippen LogP contribution in [0.15, 0.2) is 114 Å². The number of anilines is 1. The highest BCUT2D eigenvalue weighted by molar-refractivity contribution is 7.92. The van der Waals surface area contributed by atoms with Crippen molar-refractivity contribution in [3.8, 4) is 0 Å². The molecule has 0 bridgehead atoms. The molecule has 7 nitrogen and oxygen atoms in total. The lowest BCUT2D eigenvalue weighted by Crippen LogP contribution is -2.54. The van der Waals surface area contributed by atoms with Gasteiger partial charge in [-0.1, -0.05) is 104 Å². The lowest BCUT2D eigenvalue weighted by Gasteiger charge is -2.34. The summed E-state index contributed by atoms with van der Waals surface area (Å²) in [5, 5.41) is 2.99. The Morgan fingerprint density at radius 1 is 0.733 bits per heavy atom. The summed E-state index contributed by atoms with van der Waals surface area (Å²) in [7, 11) is -4.13. The molecule has 4 aromatic carbocycles. The standard InChI is InChI=1S/C37H43N3O4S/c1-27(2)32-20-22-33(23-21-32)40(45(43,44)34-14-10-7-11-15-34)26-36(41)39(25-31-18-16-29(5)17-19-31)35(37(42)38-28(3)4)24-30-12-8-6-9-13-30/h6-23,27-28,35H,24-26H2,1-5H3,(H,38,42)/t35-/m1/s1. The van der Waals surface area contributed by atoms with Crippen LogP contribution in [0.2, 0.25) is 0 Å². The Morgan fingerprint density at radius 2 is 1.31 bits per heavy atom. The van der Waals surface area contributed by atoms with Crippen LogP contribution in [-0.4, -0.2) is 43.8 Å². The van der Waals surface area contributed by atoms with Gasteiger partial charge < -0.3 is 10.2 Å². The molecule has 2 amide bonds. The predicted molar refractivity (Wildman–Crippen MR) is 180 cm³/mol. The van der Waals surface area contributed by atoms with E-state index in [0.717, 1.165) is 26.6 Å². The number of hydrogen-bond donors (Lipinski definition) is 1. The number of nitrogens with zero attached hydrogens (tertiary/aromatic N) is 2. The van der Waals surface area contributed by atoms with Crippen LogP contribution in [0.5, 0.6) is 0 Å². The third-order valence-electron chi connectivity index (χ3n) is 7.63. The van der Waals surface area contributed by atoms with E-state index in [1.54, 1.807) is 30.3 Å². The quantitative estimate of drug-likeness (QED) is 0.184. The molecule has 1 atom stereocenters. The number of hydrogen-bond acceptors (Lipinski definition) is 4. The SMILES string of the molecule is Cc1ccc(CN(C(=O)CN(c2ccc(C(C)C)cc2)S(=O)(=O)c2ccccc2)[C@H](Cc2ccccc2)C(=O)NC(C)C)cc1. The lowest BCUT2D eigenvalue weighted by molar-refractivity contribution is -0.140. The molecule has 0 spiro atoms. The summed E-state index contributed by atoms with van der Waals surface area (Å²) in [5.74, 6) is -0.529. The summed E-state index contributed by atoms with van der Waals surface area (Å²) < 4.78 is 29.4. The summed E-state index contributed by atoms with van der Waals surface area (Å²) in [6.45, 7) is 9.51. The van der Waals surface area contributed by atoms with Gasteiger partial charge in [-0.15, -0.1) is 0 Å². The van der Waals surface area contributed by atoms with Crippen molar-refractivity contribution in [2.75, 3.05) is 10.8 Å². The van der Waals surface area contributed by atoms with Crippen LogP contribution < -0.4 is 9.62 Å². The van der Waals surface area contributed by atoms with E-state index in [2.05, 4.69) is 19.2 Å². The number of rotatable bonds is 13. The minimum absolute atomic E-state index is 0.0780. The molecule has 0 aliphatic heterocycles. The Bertz CT molecular complexity index is 1650. The van der Waals surface area contributed by atoms with E-state index in [0.29, 0.717) is 5.69 Å². The Labute approximate surface area is 268 Å². The highest BCUT2D eigenvalue weighted by Gasteiger charge is 2.34. The maximum absolute atomic E-state index is 14.5.